The number of benzene rings is 1. The zero-order valence-electron chi connectivity index (χ0n) is 7.23. The molecule has 0 radical (unpaired) electrons. The molecule has 0 aliphatic carbocycles. The topological polar surface area (TPSA) is 60.4 Å². The quantitative estimate of drug-likeness (QED) is 0.564. The predicted octanol–water partition coefficient (Wildman–Crippen LogP) is 1.17. The van der Waals surface area contributed by atoms with Crippen molar-refractivity contribution in [3.8, 4) is 5.75 Å². The summed E-state index contributed by atoms with van der Waals surface area (Å²) in [6.45, 7) is 0. The third-order valence-electron chi connectivity index (χ3n) is 1.61. The fourth-order valence-electron chi connectivity index (χ4n) is 0.956. The smallest absolute Gasteiger partial charge is 0.332 e. The van der Waals surface area contributed by atoms with Gasteiger partial charge in [-0.05, 0) is 18.2 Å². The summed E-state index contributed by atoms with van der Waals surface area (Å²) in [5, 5.41) is 0. The maximum Gasteiger partial charge on any atom is 0.332 e. The molecule has 1 rings (SSSR count). The minimum Gasteiger partial charge on any atom is -0.496 e. The van der Waals surface area contributed by atoms with Gasteiger partial charge in [0, 0.05) is 0 Å². The van der Waals surface area contributed by atoms with Gasteiger partial charge in [0.25, 0.3) is 0 Å². The summed E-state index contributed by atoms with van der Waals surface area (Å²) in [7, 11) is -3.45. The second-order valence-corrected chi connectivity index (χ2v) is 3.81. The Morgan fingerprint density at radius 1 is 1.43 bits per heavy atom. The van der Waals surface area contributed by atoms with Crippen LogP contribution in [-0.2, 0) is 10.2 Å². The van der Waals surface area contributed by atoms with Crippen molar-refractivity contribution in [3.63, 3.8) is 0 Å². The van der Waals surface area contributed by atoms with Crippen molar-refractivity contribution in [2.45, 2.75) is 4.90 Å². The first-order chi connectivity index (χ1) is 6.49. The number of carbonyl (C=O) groups is 1. The molecule has 0 aliphatic heterocycles. The highest BCUT2D eigenvalue weighted by molar-refractivity contribution is 7.86. The molecule has 76 valence electrons. The van der Waals surface area contributed by atoms with Crippen LogP contribution in [0.5, 0.6) is 5.75 Å². The van der Waals surface area contributed by atoms with E-state index in [4.69, 9.17) is 4.74 Å². The molecule has 1 aromatic rings. The highest BCUT2D eigenvalue weighted by Gasteiger charge is 2.14. The van der Waals surface area contributed by atoms with Gasteiger partial charge < -0.3 is 4.74 Å². The number of ether oxygens (including phenoxy) is 1. The van der Waals surface area contributed by atoms with Crippen molar-refractivity contribution < 1.29 is 21.8 Å². The normalized spacial score (nSPS) is 11.0. The van der Waals surface area contributed by atoms with Gasteiger partial charge in [0.05, 0.1) is 17.6 Å². The van der Waals surface area contributed by atoms with Crippen molar-refractivity contribution >= 4 is 16.5 Å². The van der Waals surface area contributed by atoms with E-state index in [0.717, 1.165) is 12.1 Å². The van der Waals surface area contributed by atoms with E-state index in [1.54, 1.807) is 0 Å². The van der Waals surface area contributed by atoms with Crippen LogP contribution in [0.25, 0.3) is 0 Å². The summed E-state index contributed by atoms with van der Waals surface area (Å²) >= 11 is 0. The number of aldehydes is 1. The van der Waals surface area contributed by atoms with Gasteiger partial charge in [-0.15, -0.1) is 3.89 Å². The van der Waals surface area contributed by atoms with Crippen LogP contribution in [0, 0.1) is 0 Å². The maximum absolute atomic E-state index is 12.5. The molecule has 0 atom stereocenters. The lowest BCUT2D eigenvalue weighted by molar-refractivity contribution is 0.112. The molecule has 0 amide bonds. The highest BCUT2D eigenvalue weighted by atomic mass is 32.3. The second-order valence-electron chi connectivity index (χ2n) is 2.46. The van der Waals surface area contributed by atoms with E-state index in [9.17, 15) is 17.1 Å². The summed E-state index contributed by atoms with van der Waals surface area (Å²) in [5.74, 6) is 0.201. The van der Waals surface area contributed by atoms with Crippen molar-refractivity contribution in [1.29, 1.82) is 0 Å². The number of hydrogen-bond donors (Lipinski definition) is 0. The summed E-state index contributed by atoms with van der Waals surface area (Å²) in [6.07, 6.45) is 0.396. The number of halogens is 1. The van der Waals surface area contributed by atoms with Gasteiger partial charge in [-0.2, -0.15) is 8.42 Å². The Morgan fingerprint density at radius 2 is 2.07 bits per heavy atom. The average Bonchev–Trinajstić information content (AvgIpc) is 2.15. The fourth-order valence-corrected chi connectivity index (χ4v) is 1.45. The third kappa shape index (κ3) is 2.08. The number of hydrogen-bond acceptors (Lipinski definition) is 4. The van der Waals surface area contributed by atoms with Crippen LogP contribution in [0.1, 0.15) is 10.4 Å². The molecule has 0 bridgehead atoms. The third-order valence-corrected chi connectivity index (χ3v) is 2.43. The Balaban J connectivity index is 3.35. The predicted molar refractivity (Wildman–Crippen MR) is 46.7 cm³/mol. The monoisotopic (exact) mass is 218 g/mol. The van der Waals surface area contributed by atoms with Crippen molar-refractivity contribution in [2.24, 2.45) is 0 Å². The van der Waals surface area contributed by atoms with Gasteiger partial charge in [-0.3, -0.25) is 4.79 Å². The Kier molecular flexibility index (Phi) is 2.85. The molecule has 0 unspecified atom stereocenters. The van der Waals surface area contributed by atoms with E-state index >= 15 is 0 Å². The lowest BCUT2D eigenvalue weighted by Crippen LogP contribution is -1.96. The molecule has 0 aliphatic rings. The minimum absolute atomic E-state index is 0.00812. The summed E-state index contributed by atoms with van der Waals surface area (Å²) in [5.41, 5.74) is -0.00812. The van der Waals surface area contributed by atoms with Crippen LogP contribution in [0.2, 0.25) is 0 Å². The lowest BCUT2D eigenvalue weighted by atomic mass is 10.2. The standard InChI is InChI=1S/C8H7FO4S/c1-13-8-3-2-7(14(9,11)12)4-6(8)5-10/h2-5H,1H3. The maximum atomic E-state index is 12.5. The van der Waals surface area contributed by atoms with E-state index in [2.05, 4.69) is 0 Å². The molecular weight excluding hydrogens is 211 g/mol. The molecule has 14 heavy (non-hydrogen) atoms. The van der Waals surface area contributed by atoms with Crippen molar-refractivity contribution in [1.82, 2.24) is 0 Å². The first kappa shape index (κ1) is 10.6. The summed E-state index contributed by atoms with van der Waals surface area (Å²) in [6, 6.07) is 3.17. The van der Waals surface area contributed by atoms with E-state index in [-0.39, 0.29) is 11.3 Å². The molecule has 0 heterocycles. The number of carbonyl (C=O) groups excluding carboxylic acids is 1. The second kappa shape index (κ2) is 3.75. The lowest BCUT2D eigenvalue weighted by Gasteiger charge is -2.03. The molecule has 0 aromatic heterocycles. The Hall–Kier alpha value is -1.43. The van der Waals surface area contributed by atoms with Gasteiger partial charge in [0.2, 0.25) is 0 Å². The van der Waals surface area contributed by atoms with Gasteiger partial charge in [0.15, 0.2) is 6.29 Å². The summed E-state index contributed by atoms with van der Waals surface area (Å²) in [4.78, 5) is 9.91. The molecule has 4 nitrogen and oxygen atoms in total. The summed E-state index contributed by atoms with van der Waals surface area (Å²) < 4.78 is 38.2. The number of rotatable bonds is 3. The largest absolute Gasteiger partial charge is 0.496 e. The van der Waals surface area contributed by atoms with Crippen LogP contribution < -0.4 is 4.74 Å². The molecule has 0 N–H and O–H groups in total. The van der Waals surface area contributed by atoms with E-state index < -0.39 is 15.1 Å². The minimum atomic E-state index is -4.77. The Morgan fingerprint density at radius 3 is 2.50 bits per heavy atom. The van der Waals surface area contributed by atoms with E-state index in [1.165, 1.54) is 13.2 Å². The Bertz CT molecular complexity index is 452. The molecule has 6 heteroatoms. The van der Waals surface area contributed by atoms with Gasteiger partial charge in [-0.1, -0.05) is 0 Å². The van der Waals surface area contributed by atoms with Gasteiger partial charge in [-0.25, -0.2) is 0 Å². The first-order valence-corrected chi connectivity index (χ1v) is 4.95. The molecule has 0 saturated heterocycles. The SMILES string of the molecule is COc1ccc(S(=O)(=O)F)cc1C=O. The van der Waals surface area contributed by atoms with Crippen molar-refractivity contribution in [2.75, 3.05) is 7.11 Å². The molecule has 0 fully saturated rings. The number of methoxy groups -OCH3 is 1. The highest BCUT2D eigenvalue weighted by Crippen LogP contribution is 2.21. The van der Waals surface area contributed by atoms with Gasteiger partial charge >= 0.3 is 10.2 Å². The van der Waals surface area contributed by atoms with Crippen LogP contribution >= 0.6 is 0 Å². The zero-order valence-corrected chi connectivity index (χ0v) is 8.05. The molecule has 0 spiro atoms. The van der Waals surface area contributed by atoms with Crippen LogP contribution in [-0.4, -0.2) is 21.8 Å². The Labute approximate surface area is 80.5 Å². The average molecular weight is 218 g/mol. The van der Waals surface area contributed by atoms with E-state index in [0.29, 0.717) is 6.29 Å². The zero-order chi connectivity index (χ0) is 10.8. The molecule has 1 aromatic carbocycles. The van der Waals surface area contributed by atoms with Crippen LogP contribution in [0.4, 0.5) is 3.89 Å². The van der Waals surface area contributed by atoms with Crippen molar-refractivity contribution in [3.05, 3.63) is 23.8 Å². The van der Waals surface area contributed by atoms with Gasteiger partial charge in [0.1, 0.15) is 5.75 Å². The van der Waals surface area contributed by atoms with Crippen LogP contribution in [0.15, 0.2) is 23.1 Å². The fraction of sp³-hybridized carbons (Fsp3) is 0.125. The molecule has 0 saturated carbocycles. The molecular formula is C8H7FO4S. The first-order valence-electron chi connectivity index (χ1n) is 3.57. The van der Waals surface area contributed by atoms with E-state index in [1.807, 2.05) is 0 Å². The van der Waals surface area contributed by atoms with Crippen LogP contribution in [0.3, 0.4) is 0 Å².